The van der Waals surface area contributed by atoms with Crippen LogP contribution < -0.4 is 5.32 Å². The van der Waals surface area contributed by atoms with E-state index < -0.39 is 0 Å². The van der Waals surface area contributed by atoms with Gasteiger partial charge in [-0.15, -0.1) is 10.2 Å². The molecule has 0 saturated heterocycles. The third kappa shape index (κ3) is 6.53. The molecule has 0 fully saturated rings. The van der Waals surface area contributed by atoms with Gasteiger partial charge in [0.2, 0.25) is 11.8 Å². The van der Waals surface area contributed by atoms with E-state index in [0.717, 1.165) is 29.5 Å². The molecule has 1 heterocycles. The van der Waals surface area contributed by atoms with Crippen LogP contribution in [0.3, 0.4) is 0 Å². The number of nitrogens with zero attached hydrogens (tertiary/aromatic N) is 2. The van der Waals surface area contributed by atoms with Crippen molar-refractivity contribution in [3.63, 3.8) is 0 Å². The van der Waals surface area contributed by atoms with Crippen molar-refractivity contribution in [3.05, 3.63) is 29.3 Å². The Hall–Kier alpha value is -1.82. The summed E-state index contributed by atoms with van der Waals surface area (Å²) >= 11 is 1.27. The fourth-order valence-electron chi connectivity index (χ4n) is 2.70. The van der Waals surface area contributed by atoms with Crippen LogP contribution in [0.15, 0.2) is 27.8 Å². The first kappa shape index (κ1) is 19.5. The van der Waals surface area contributed by atoms with E-state index in [0.29, 0.717) is 11.1 Å². The van der Waals surface area contributed by atoms with E-state index in [-0.39, 0.29) is 17.7 Å². The van der Waals surface area contributed by atoms with Gasteiger partial charge in [-0.05, 0) is 39.3 Å². The van der Waals surface area contributed by atoms with Gasteiger partial charge in [0.25, 0.3) is 5.22 Å². The predicted octanol–water partition coefficient (Wildman–Crippen LogP) is 4.53. The van der Waals surface area contributed by atoms with Crippen LogP contribution >= 0.6 is 11.8 Å². The molecule has 5 nitrogen and oxygen atoms in total. The van der Waals surface area contributed by atoms with Crippen molar-refractivity contribution in [1.82, 2.24) is 15.5 Å². The van der Waals surface area contributed by atoms with Crippen molar-refractivity contribution in [1.29, 1.82) is 0 Å². The van der Waals surface area contributed by atoms with Crippen LogP contribution in [0, 0.1) is 13.8 Å². The van der Waals surface area contributed by atoms with Crippen molar-refractivity contribution >= 4 is 17.7 Å². The Bertz CT molecular complexity index is 679. The number of hydrogen-bond donors (Lipinski definition) is 1. The van der Waals surface area contributed by atoms with Gasteiger partial charge in [-0.1, -0.05) is 55.1 Å². The summed E-state index contributed by atoms with van der Waals surface area (Å²) in [6, 6.07) is 6.33. The van der Waals surface area contributed by atoms with E-state index in [9.17, 15) is 4.79 Å². The van der Waals surface area contributed by atoms with E-state index in [4.69, 9.17) is 4.42 Å². The molecular formula is C19H27N3O2S. The molecule has 2 aromatic rings. The first-order chi connectivity index (χ1) is 12.0. The Balaban J connectivity index is 1.84. The minimum Gasteiger partial charge on any atom is -0.411 e. The maximum absolute atomic E-state index is 12.0. The van der Waals surface area contributed by atoms with Gasteiger partial charge >= 0.3 is 0 Å². The molecule has 136 valence electrons. The van der Waals surface area contributed by atoms with Gasteiger partial charge in [0.1, 0.15) is 0 Å². The number of carbonyl (C=O) groups is 1. The molecule has 1 aromatic heterocycles. The average molecular weight is 362 g/mol. The van der Waals surface area contributed by atoms with Gasteiger partial charge in [-0.25, -0.2) is 0 Å². The summed E-state index contributed by atoms with van der Waals surface area (Å²) in [5, 5.41) is 11.6. The number of hydrogen-bond acceptors (Lipinski definition) is 5. The van der Waals surface area contributed by atoms with Gasteiger partial charge < -0.3 is 9.73 Å². The molecule has 6 heteroatoms. The molecule has 0 aliphatic rings. The molecule has 0 unspecified atom stereocenters. The van der Waals surface area contributed by atoms with Crippen molar-refractivity contribution < 1.29 is 9.21 Å². The molecule has 2 rings (SSSR count). The SMILES string of the molecule is CCCCC[C@@H](C)NC(=O)CSc1nnc(-c2cc(C)cc(C)c2)o1. The predicted molar refractivity (Wildman–Crippen MR) is 102 cm³/mol. The molecule has 1 amide bonds. The minimum atomic E-state index is 0.000137. The number of carbonyl (C=O) groups excluding carboxylic acids is 1. The molecule has 1 aromatic carbocycles. The summed E-state index contributed by atoms with van der Waals surface area (Å²) < 4.78 is 5.68. The molecule has 0 aliphatic carbocycles. The average Bonchev–Trinajstić information content (AvgIpc) is 3.01. The lowest BCUT2D eigenvalue weighted by molar-refractivity contribution is -0.119. The van der Waals surface area contributed by atoms with Crippen molar-refractivity contribution in [2.75, 3.05) is 5.75 Å². The Morgan fingerprint density at radius 1 is 1.20 bits per heavy atom. The molecule has 0 bridgehead atoms. The number of benzene rings is 1. The molecule has 1 N–H and O–H groups in total. The fraction of sp³-hybridized carbons (Fsp3) is 0.526. The standard InChI is InChI=1S/C19H27N3O2S/c1-5-6-7-8-15(4)20-17(23)12-25-19-22-21-18(24-19)16-10-13(2)9-14(3)11-16/h9-11,15H,5-8,12H2,1-4H3,(H,20,23)/t15-/m1/s1. The van der Waals surface area contributed by atoms with Crippen molar-refractivity contribution in [2.24, 2.45) is 0 Å². The zero-order chi connectivity index (χ0) is 18.2. The summed E-state index contributed by atoms with van der Waals surface area (Å²) in [5.41, 5.74) is 3.21. The highest BCUT2D eigenvalue weighted by atomic mass is 32.2. The molecule has 25 heavy (non-hydrogen) atoms. The molecule has 0 aliphatic heterocycles. The number of aryl methyl sites for hydroxylation is 2. The van der Waals surface area contributed by atoms with E-state index in [1.165, 1.54) is 24.6 Å². The van der Waals surface area contributed by atoms with Crippen molar-refractivity contribution in [2.45, 2.75) is 64.6 Å². The second kappa shape index (κ2) is 9.61. The molecule has 1 atom stereocenters. The topological polar surface area (TPSA) is 68.0 Å². The van der Waals surface area contributed by atoms with Crippen LogP contribution in [0.5, 0.6) is 0 Å². The van der Waals surface area contributed by atoms with Gasteiger partial charge in [-0.2, -0.15) is 0 Å². The number of nitrogens with one attached hydrogen (secondary N) is 1. The summed E-state index contributed by atoms with van der Waals surface area (Å²) in [7, 11) is 0. The lowest BCUT2D eigenvalue weighted by atomic mass is 10.1. The number of thioether (sulfide) groups is 1. The highest BCUT2D eigenvalue weighted by molar-refractivity contribution is 7.99. The normalized spacial score (nSPS) is 12.2. The van der Waals surface area contributed by atoms with E-state index >= 15 is 0 Å². The van der Waals surface area contributed by atoms with Crippen molar-refractivity contribution in [3.8, 4) is 11.5 Å². The van der Waals surface area contributed by atoms with E-state index in [1.807, 2.05) is 32.9 Å². The Morgan fingerprint density at radius 2 is 1.92 bits per heavy atom. The molecule has 0 radical (unpaired) electrons. The molecule has 0 spiro atoms. The smallest absolute Gasteiger partial charge is 0.277 e. The van der Waals surface area contributed by atoms with Crippen LogP contribution in [0.1, 0.15) is 50.7 Å². The highest BCUT2D eigenvalue weighted by Gasteiger charge is 2.13. The zero-order valence-corrected chi connectivity index (χ0v) is 16.3. The lowest BCUT2D eigenvalue weighted by Gasteiger charge is -2.12. The number of rotatable bonds is 9. The second-order valence-corrected chi connectivity index (χ2v) is 7.43. The molecular weight excluding hydrogens is 334 g/mol. The van der Waals surface area contributed by atoms with Crippen LogP contribution in [-0.2, 0) is 4.79 Å². The molecule has 0 saturated carbocycles. The van der Waals surface area contributed by atoms with Gasteiger partial charge in [-0.3, -0.25) is 4.79 Å². The van der Waals surface area contributed by atoms with E-state index in [2.05, 4.69) is 28.5 Å². The first-order valence-electron chi connectivity index (χ1n) is 8.82. The van der Waals surface area contributed by atoms with Crippen LogP contribution in [0.2, 0.25) is 0 Å². The number of aromatic nitrogens is 2. The van der Waals surface area contributed by atoms with Crippen LogP contribution in [0.4, 0.5) is 0 Å². The van der Waals surface area contributed by atoms with Gasteiger partial charge in [0.15, 0.2) is 0 Å². The largest absolute Gasteiger partial charge is 0.411 e. The highest BCUT2D eigenvalue weighted by Crippen LogP contribution is 2.24. The maximum Gasteiger partial charge on any atom is 0.277 e. The van der Waals surface area contributed by atoms with Crippen LogP contribution in [-0.4, -0.2) is 27.9 Å². The maximum atomic E-state index is 12.0. The Kier molecular flexibility index (Phi) is 7.50. The van der Waals surface area contributed by atoms with E-state index in [1.54, 1.807) is 0 Å². The van der Waals surface area contributed by atoms with Gasteiger partial charge in [0.05, 0.1) is 5.75 Å². The first-order valence-corrected chi connectivity index (χ1v) is 9.80. The van der Waals surface area contributed by atoms with Gasteiger partial charge in [0, 0.05) is 11.6 Å². The van der Waals surface area contributed by atoms with Crippen LogP contribution in [0.25, 0.3) is 11.5 Å². The second-order valence-electron chi connectivity index (χ2n) is 6.50. The fourth-order valence-corrected chi connectivity index (χ4v) is 3.27. The zero-order valence-electron chi connectivity index (χ0n) is 15.5. The minimum absolute atomic E-state index is 0.000137. The monoisotopic (exact) mass is 361 g/mol. The summed E-state index contributed by atoms with van der Waals surface area (Å²) in [5.74, 6) is 0.773. The quantitative estimate of drug-likeness (QED) is 0.525. The number of amides is 1. The third-order valence-electron chi connectivity index (χ3n) is 3.85. The summed E-state index contributed by atoms with van der Waals surface area (Å²) in [6.07, 6.45) is 4.56. The Labute approximate surface area is 154 Å². The lowest BCUT2D eigenvalue weighted by Crippen LogP contribution is -2.33. The summed E-state index contributed by atoms with van der Waals surface area (Å²) in [4.78, 5) is 12.0. The summed E-state index contributed by atoms with van der Waals surface area (Å²) in [6.45, 7) is 8.29. The third-order valence-corrected chi connectivity index (χ3v) is 4.67. The Morgan fingerprint density at radius 3 is 2.60 bits per heavy atom. The number of unbranched alkanes of at least 4 members (excludes halogenated alkanes) is 2.